The molecule has 84 valence electrons. The largest absolute Gasteiger partial charge is 0.365 e. The Morgan fingerprint density at radius 2 is 2.31 bits per heavy atom. The summed E-state index contributed by atoms with van der Waals surface area (Å²) in [4.78, 5) is 4.35. The molecule has 2 aromatic rings. The average Bonchev–Trinajstić information content (AvgIpc) is 2.57. The van der Waals surface area contributed by atoms with Crippen molar-refractivity contribution in [3.8, 4) is 0 Å². The second kappa shape index (κ2) is 3.63. The summed E-state index contributed by atoms with van der Waals surface area (Å²) in [5, 5.41) is 8.08. The van der Waals surface area contributed by atoms with Crippen molar-refractivity contribution in [2.24, 2.45) is 0 Å². The molecule has 0 unspecified atom stereocenters. The van der Waals surface area contributed by atoms with E-state index in [0.29, 0.717) is 11.4 Å². The van der Waals surface area contributed by atoms with Crippen LogP contribution in [0.2, 0.25) is 0 Å². The van der Waals surface area contributed by atoms with Crippen LogP contribution < -0.4 is 5.32 Å². The Morgan fingerprint density at radius 3 is 3.06 bits per heavy atom. The van der Waals surface area contributed by atoms with Crippen molar-refractivity contribution in [3.63, 3.8) is 0 Å². The number of halogens is 1. The number of aryl methyl sites for hydroxylation is 1. The molecule has 16 heavy (non-hydrogen) atoms. The highest BCUT2D eigenvalue weighted by atomic mass is 35.5. The lowest BCUT2D eigenvalue weighted by Gasteiger charge is -2.31. The molecule has 1 saturated carbocycles. The van der Waals surface area contributed by atoms with Crippen molar-refractivity contribution < 1.29 is 0 Å². The van der Waals surface area contributed by atoms with E-state index in [0.717, 1.165) is 29.9 Å². The smallest absolute Gasteiger partial charge is 0.152 e. The van der Waals surface area contributed by atoms with Gasteiger partial charge in [0.1, 0.15) is 5.52 Å². The molecule has 3 rings (SSSR count). The standard InChI is InChI=1S/C11H13ClN4/c1-7-4-10-11(13-2-3-16(10)15-7)14-9-5-8(12)6-9/h2-4,8-9H,5-6H2,1H3,(H,13,14). The van der Waals surface area contributed by atoms with E-state index in [1.54, 1.807) is 6.20 Å². The number of hydrogen-bond donors (Lipinski definition) is 1. The Morgan fingerprint density at radius 1 is 1.50 bits per heavy atom. The normalized spacial score (nSPS) is 24.4. The molecule has 0 amide bonds. The molecular formula is C11H13ClN4. The first-order valence-electron chi connectivity index (χ1n) is 5.44. The molecule has 0 aromatic carbocycles. The number of nitrogens with zero attached hydrogens (tertiary/aromatic N) is 3. The van der Waals surface area contributed by atoms with Crippen LogP contribution in [-0.4, -0.2) is 26.0 Å². The molecule has 2 aromatic heterocycles. The molecule has 2 heterocycles. The van der Waals surface area contributed by atoms with Gasteiger partial charge in [0.15, 0.2) is 5.82 Å². The molecule has 0 radical (unpaired) electrons. The van der Waals surface area contributed by atoms with Crippen LogP contribution in [0.1, 0.15) is 18.5 Å². The van der Waals surface area contributed by atoms with Gasteiger partial charge in [0.2, 0.25) is 0 Å². The van der Waals surface area contributed by atoms with Gasteiger partial charge < -0.3 is 5.32 Å². The predicted octanol–water partition coefficient (Wildman–Crippen LogP) is 2.22. The molecule has 1 fully saturated rings. The summed E-state index contributed by atoms with van der Waals surface area (Å²) in [5.41, 5.74) is 2.03. The van der Waals surface area contributed by atoms with E-state index >= 15 is 0 Å². The van der Waals surface area contributed by atoms with E-state index in [4.69, 9.17) is 11.6 Å². The molecular weight excluding hydrogens is 224 g/mol. The number of aromatic nitrogens is 3. The van der Waals surface area contributed by atoms with Crippen LogP contribution in [0.15, 0.2) is 18.5 Å². The highest BCUT2D eigenvalue weighted by Gasteiger charge is 2.27. The van der Waals surface area contributed by atoms with Crippen LogP contribution in [0.4, 0.5) is 5.82 Å². The monoisotopic (exact) mass is 236 g/mol. The fourth-order valence-corrected chi connectivity index (χ4v) is 2.45. The van der Waals surface area contributed by atoms with E-state index in [1.807, 2.05) is 23.7 Å². The highest BCUT2D eigenvalue weighted by molar-refractivity contribution is 6.21. The number of hydrogen-bond acceptors (Lipinski definition) is 3. The van der Waals surface area contributed by atoms with Crippen molar-refractivity contribution in [2.75, 3.05) is 5.32 Å². The third kappa shape index (κ3) is 1.63. The lowest BCUT2D eigenvalue weighted by Crippen LogP contribution is -2.36. The maximum absolute atomic E-state index is 5.95. The van der Waals surface area contributed by atoms with Crippen LogP contribution >= 0.6 is 11.6 Å². The zero-order valence-corrected chi connectivity index (χ0v) is 9.78. The first kappa shape index (κ1) is 9.90. The SMILES string of the molecule is Cc1cc2c(NC3CC(Cl)C3)nccn2n1. The Bertz CT molecular complexity index is 516. The molecule has 4 nitrogen and oxygen atoms in total. The minimum Gasteiger partial charge on any atom is -0.365 e. The van der Waals surface area contributed by atoms with E-state index in [1.165, 1.54) is 0 Å². The van der Waals surface area contributed by atoms with Crippen LogP contribution in [0, 0.1) is 6.92 Å². The Kier molecular flexibility index (Phi) is 2.24. The predicted molar refractivity (Wildman–Crippen MR) is 64.0 cm³/mol. The van der Waals surface area contributed by atoms with Gasteiger partial charge in [-0.05, 0) is 25.8 Å². The quantitative estimate of drug-likeness (QED) is 0.813. The minimum absolute atomic E-state index is 0.323. The third-order valence-corrected chi connectivity index (χ3v) is 3.29. The summed E-state index contributed by atoms with van der Waals surface area (Å²) in [5.74, 6) is 0.900. The Labute approximate surface area is 98.6 Å². The second-order valence-corrected chi connectivity index (χ2v) is 4.92. The van der Waals surface area contributed by atoms with Gasteiger partial charge in [0, 0.05) is 23.8 Å². The van der Waals surface area contributed by atoms with Crippen LogP contribution in [-0.2, 0) is 0 Å². The summed E-state index contributed by atoms with van der Waals surface area (Å²) in [6.45, 7) is 1.98. The van der Waals surface area contributed by atoms with Gasteiger partial charge in [-0.25, -0.2) is 9.50 Å². The van der Waals surface area contributed by atoms with E-state index in [-0.39, 0.29) is 0 Å². The van der Waals surface area contributed by atoms with Crippen molar-refractivity contribution in [1.29, 1.82) is 0 Å². The molecule has 1 N–H and O–H groups in total. The molecule has 1 aliphatic carbocycles. The fraction of sp³-hybridized carbons (Fsp3) is 0.455. The van der Waals surface area contributed by atoms with Gasteiger partial charge in [-0.2, -0.15) is 5.10 Å². The van der Waals surface area contributed by atoms with Gasteiger partial charge in [0.25, 0.3) is 0 Å². The van der Waals surface area contributed by atoms with Crippen LogP contribution in [0.5, 0.6) is 0 Å². The first-order chi connectivity index (χ1) is 7.72. The number of rotatable bonds is 2. The van der Waals surface area contributed by atoms with Crippen molar-refractivity contribution in [2.45, 2.75) is 31.2 Å². The maximum Gasteiger partial charge on any atom is 0.152 e. The summed E-state index contributed by atoms with van der Waals surface area (Å²) < 4.78 is 1.85. The molecule has 0 saturated heterocycles. The van der Waals surface area contributed by atoms with Crippen molar-refractivity contribution in [3.05, 3.63) is 24.2 Å². The first-order valence-corrected chi connectivity index (χ1v) is 5.87. The van der Waals surface area contributed by atoms with Gasteiger partial charge in [0.05, 0.1) is 5.69 Å². The minimum atomic E-state index is 0.323. The maximum atomic E-state index is 5.95. The van der Waals surface area contributed by atoms with Gasteiger partial charge in [-0.15, -0.1) is 11.6 Å². The zero-order chi connectivity index (χ0) is 11.1. The molecule has 0 bridgehead atoms. The molecule has 5 heteroatoms. The number of alkyl halides is 1. The molecule has 0 aliphatic heterocycles. The molecule has 1 aliphatic rings. The Hall–Kier alpha value is -1.29. The van der Waals surface area contributed by atoms with E-state index < -0.39 is 0 Å². The topological polar surface area (TPSA) is 42.2 Å². The zero-order valence-electron chi connectivity index (χ0n) is 9.02. The number of nitrogens with one attached hydrogen (secondary N) is 1. The number of fused-ring (bicyclic) bond motifs is 1. The average molecular weight is 237 g/mol. The van der Waals surface area contributed by atoms with Crippen LogP contribution in [0.25, 0.3) is 5.52 Å². The second-order valence-electron chi connectivity index (χ2n) is 4.30. The van der Waals surface area contributed by atoms with Gasteiger partial charge in [-0.1, -0.05) is 0 Å². The van der Waals surface area contributed by atoms with E-state index in [2.05, 4.69) is 15.4 Å². The van der Waals surface area contributed by atoms with Gasteiger partial charge in [-0.3, -0.25) is 0 Å². The summed E-state index contributed by atoms with van der Waals surface area (Å²) >= 11 is 5.95. The third-order valence-electron chi connectivity index (χ3n) is 2.93. The van der Waals surface area contributed by atoms with Crippen molar-refractivity contribution >= 4 is 22.9 Å². The lowest BCUT2D eigenvalue weighted by molar-refractivity contribution is 0.454. The summed E-state index contributed by atoms with van der Waals surface area (Å²) in [6.07, 6.45) is 5.64. The van der Waals surface area contributed by atoms with Gasteiger partial charge >= 0.3 is 0 Å². The molecule has 0 atom stereocenters. The summed E-state index contributed by atoms with van der Waals surface area (Å²) in [7, 11) is 0. The lowest BCUT2D eigenvalue weighted by atomic mass is 9.92. The summed E-state index contributed by atoms with van der Waals surface area (Å²) in [6, 6.07) is 2.49. The number of anilines is 1. The van der Waals surface area contributed by atoms with E-state index in [9.17, 15) is 0 Å². The van der Waals surface area contributed by atoms with Crippen LogP contribution in [0.3, 0.4) is 0 Å². The highest BCUT2D eigenvalue weighted by Crippen LogP contribution is 2.29. The Balaban J connectivity index is 1.90. The van der Waals surface area contributed by atoms with Crippen molar-refractivity contribution in [1.82, 2.24) is 14.6 Å². The fourth-order valence-electron chi connectivity index (χ4n) is 2.02. The molecule has 0 spiro atoms.